The number of nitrogens with two attached hydrogens (primary N) is 1. The van der Waals surface area contributed by atoms with Gasteiger partial charge in [0.15, 0.2) is 0 Å². The maximum absolute atomic E-state index is 12.4. The molecule has 23 heavy (non-hydrogen) atoms. The number of amides is 1. The average molecular weight is 316 g/mol. The standard InChI is InChI=1S/C15H20N6O2/c16-15-14(17-5-6-18-15)12-11-20(9-10-23-12)13(22)3-1-7-21-8-2-4-19-21/h2,4-6,8,12H,1,3,7,9-11H2,(H2,16,18). The molecule has 3 heterocycles. The van der Waals surface area contributed by atoms with Gasteiger partial charge in [0.1, 0.15) is 17.6 Å². The number of carbonyl (C=O) groups excluding carboxylic acids is 1. The van der Waals surface area contributed by atoms with Crippen LogP contribution in [-0.4, -0.2) is 50.3 Å². The Morgan fingerprint density at radius 2 is 2.22 bits per heavy atom. The quantitative estimate of drug-likeness (QED) is 0.869. The maximum Gasteiger partial charge on any atom is 0.222 e. The molecule has 0 spiro atoms. The van der Waals surface area contributed by atoms with Gasteiger partial charge >= 0.3 is 0 Å². The Hall–Kier alpha value is -2.48. The van der Waals surface area contributed by atoms with Crippen molar-refractivity contribution in [1.82, 2.24) is 24.6 Å². The van der Waals surface area contributed by atoms with Crippen LogP contribution in [0.25, 0.3) is 0 Å². The lowest BCUT2D eigenvalue weighted by Crippen LogP contribution is -2.42. The Morgan fingerprint density at radius 3 is 3.00 bits per heavy atom. The van der Waals surface area contributed by atoms with Crippen LogP contribution in [0, 0.1) is 0 Å². The summed E-state index contributed by atoms with van der Waals surface area (Å²) in [5.74, 6) is 0.471. The fourth-order valence-corrected chi connectivity index (χ4v) is 2.63. The molecule has 1 fully saturated rings. The average Bonchev–Trinajstić information content (AvgIpc) is 3.09. The van der Waals surface area contributed by atoms with E-state index in [1.54, 1.807) is 18.6 Å². The van der Waals surface area contributed by atoms with E-state index < -0.39 is 0 Å². The highest BCUT2D eigenvalue weighted by atomic mass is 16.5. The molecule has 1 saturated heterocycles. The van der Waals surface area contributed by atoms with Crippen molar-refractivity contribution in [1.29, 1.82) is 0 Å². The molecule has 2 aromatic heterocycles. The van der Waals surface area contributed by atoms with Gasteiger partial charge in [-0.25, -0.2) is 4.98 Å². The van der Waals surface area contributed by atoms with Gasteiger partial charge in [0, 0.05) is 44.3 Å². The number of hydrogen-bond donors (Lipinski definition) is 1. The van der Waals surface area contributed by atoms with Gasteiger partial charge in [-0.1, -0.05) is 0 Å². The SMILES string of the molecule is Nc1nccnc1C1CN(C(=O)CCCn2cccn2)CCO1. The molecule has 1 aliphatic rings. The van der Waals surface area contributed by atoms with Crippen molar-refractivity contribution >= 4 is 11.7 Å². The van der Waals surface area contributed by atoms with Crippen molar-refractivity contribution in [3.63, 3.8) is 0 Å². The largest absolute Gasteiger partial charge is 0.382 e. The number of carbonyl (C=O) groups is 1. The van der Waals surface area contributed by atoms with Crippen LogP contribution in [0.15, 0.2) is 30.9 Å². The molecule has 0 bridgehead atoms. The zero-order valence-electron chi connectivity index (χ0n) is 12.8. The van der Waals surface area contributed by atoms with E-state index in [2.05, 4.69) is 15.1 Å². The van der Waals surface area contributed by atoms with Crippen LogP contribution in [0.2, 0.25) is 0 Å². The number of hydrogen-bond acceptors (Lipinski definition) is 6. The summed E-state index contributed by atoms with van der Waals surface area (Å²) in [6, 6.07) is 1.87. The van der Waals surface area contributed by atoms with Gasteiger partial charge in [-0.3, -0.25) is 14.5 Å². The molecule has 8 nitrogen and oxygen atoms in total. The first-order valence-electron chi connectivity index (χ1n) is 7.67. The number of ether oxygens (including phenoxy) is 1. The van der Waals surface area contributed by atoms with Crippen LogP contribution in [0.5, 0.6) is 0 Å². The van der Waals surface area contributed by atoms with Crippen molar-refractivity contribution < 1.29 is 9.53 Å². The van der Waals surface area contributed by atoms with E-state index in [9.17, 15) is 4.79 Å². The number of aryl methyl sites for hydroxylation is 1. The minimum Gasteiger partial charge on any atom is -0.382 e. The molecule has 2 N–H and O–H groups in total. The molecule has 3 rings (SSSR count). The van der Waals surface area contributed by atoms with Crippen LogP contribution in [0.1, 0.15) is 24.6 Å². The van der Waals surface area contributed by atoms with Crippen molar-refractivity contribution in [2.75, 3.05) is 25.4 Å². The molecule has 1 atom stereocenters. The minimum atomic E-state index is -0.312. The third-order valence-electron chi connectivity index (χ3n) is 3.82. The van der Waals surface area contributed by atoms with Crippen LogP contribution in [0.3, 0.4) is 0 Å². The van der Waals surface area contributed by atoms with Crippen LogP contribution >= 0.6 is 0 Å². The summed E-state index contributed by atoms with van der Waals surface area (Å²) in [7, 11) is 0. The minimum absolute atomic E-state index is 0.118. The third-order valence-corrected chi connectivity index (χ3v) is 3.82. The van der Waals surface area contributed by atoms with Crippen molar-refractivity contribution in [2.24, 2.45) is 0 Å². The molecule has 0 saturated carbocycles. The van der Waals surface area contributed by atoms with E-state index in [4.69, 9.17) is 10.5 Å². The molecule has 0 radical (unpaired) electrons. The number of rotatable bonds is 5. The lowest BCUT2D eigenvalue weighted by atomic mass is 10.1. The Kier molecular flexibility index (Phi) is 4.82. The van der Waals surface area contributed by atoms with Gasteiger partial charge in [-0.05, 0) is 12.5 Å². The van der Waals surface area contributed by atoms with E-state index in [0.29, 0.717) is 37.6 Å². The number of nitrogen functional groups attached to an aromatic ring is 1. The summed E-state index contributed by atoms with van der Waals surface area (Å²) in [6.07, 6.45) is 7.69. The van der Waals surface area contributed by atoms with Crippen molar-refractivity contribution in [2.45, 2.75) is 25.5 Å². The lowest BCUT2D eigenvalue weighted by Gasteiger charge is -2.33. The molecule has 2 aromatic rings. The van der Waals surface area contributed by atoms with Crippen LogP contribution < -0.4 is 5.73 Å². The van der Waals surface area contributed by atoms with Gasteiger partial charge in [0.2, 0.25) is 5.91 Å². The molecule has 1 amide bonds. The highest BCUT2D eigenvalue weighted by molar-refractivity contribution is 5.76. The van der Waals surface area contributed by atoms with Gasteiger partial charge in [0.05, 0.1) is 13.2 Å². The molecule has 0 aliphatic carbocycles. The highest BCUT2D eigenvalue weighted by Crippen LogP contribution is 2.24. The van der Waals surface area contributed by atoms with E-state index >= 15 is 0 Å². The number of morpholine rings is 1. The normalized spacial score (nSPS) is 18.1. The fraction of sp³-hybridized carbons (Fsp3) is 0.467. The molecule has 1 aliphatic heterocycles. The Balaban J connectivity index is 1.53. The Morgan fingerprint density at radius 1 is 1.35 bits per heavy atom. The lowest BCUT2D eigenvalue weighted by molar-refractivity contribution is -0.139. The van der Waals surface area contributed by atoms with E-state index in [0.717, 1.165) is 13.0 Å². The van der Waals surface area contributed by atoms with E-state index in [1.807, 2.05) is 21.8 Å². The molecule has 1 unspecified atom stereocenters. The first-order chi connectivity index (χ1) is 11.2. The summed E-state index contributed by atoms with van der Waals surface area (Å²) >= 11 is 0. The van der Waals surface area contributed by atoms with E-state index in [1.165, 1.54) is 0 Å². The molecule has 0 aromatic carbocycles. The summed E-state index contributed by atoms with van der Waals surface area (Å²) in [6.45, 7) is 2.27. The summed E-state index contributed by atoms with van der Waals surface area (Å²) in [4.78, 5) is 22.4. The van der Waals surface area contributed by atoms with Crippen LogP contribution in [0.4, 0.5) is 5.82 Å². The predicted molar refractivity (Wildman–Crippen MR) is 83.2 cm³/mol. The van der Waals surface area contributed by atoms with Crippen molar-refractivity contribution in [3.05, 3.63) is 36.5 Å². The fourth-order valence-electron chi connectivity index (χ4n) is 2.63. The topological polar surface area (TPSA) is 99.2 Å². The second kappa shape index (κ2) is 7.19. The van der Waals surface area contributed by atoms with Gasteiger partial charge in [-0.2, -0.15) is 5.10 Å². The molecular formula is C15H20N6O2. The summed E-state index contributed by atoms with van der Waals surface area (Å²) in [5, 5.41) is 4.13. The maximum atomic E-state index is 12.4. The first kappa shape index (κ1) is 15.4. The molecule has 8 heteroatoms. The van der Waals surface area contributed by atoms with E-state index in [-0.39, 0.29) is 12.0 Å². The Bertz CT molecular complexity index is 645. The molecule has 122 valence electrons. The van der Waals surface area contributed by atoms with Crippen molar-refractivity contribution in [3.8, 4) is 0 Å². The van der Waals surface area contributed by atoms with Gasteiger partial charge < -0.3 is 15.4 Å². The smallest absolute Gasteiger partial charge is 0.222 e. The first-order valence-corrected chi connectivity index (χ1v) is 7.67. The summed E-state index contributed by atoms with van der Waals surface area (Å²) < 4.78 is 7.53. The zero-order chi connectivity index (χ0) is 16.1. The second-order valence-corrected chi connectivity index (χ2v) is 5.40. The van der Waals surface area contributed by atoms with Gasteiger partial charge in [-0.15, -0.1) is 0 Å². The number of aromatic nitrogens is 4. The summed E-state index contributed by atoms with van der Waals surface area (Å²) in [5.41, 5.74) is 6.44. The Labute approximate surface area is 134 Å². The highest BCUT2D eigenvalue weighted by Gasteiger charge is 2.27. The zero-order valence-corrected chi connectivity index (χ0v) is 12.8. The number of anilines is 1. The van der Waals surface area contributed by atoms with Gasteiger partial charge in [0.25, 0.3) is 0 Å². The van der Waals surface area contributed by atoms with Crippen LogP contribution in [-0.2, 0) is 16.1 Å². The number of nitrogens with zero attached hydrogens (tertiary/aromatic N) is 5. The third kappa shape index (κ3) is 3.84. The predicted octanol–water partition coefficient (Wildman–Crippen LogP) is 0.636. The second-order valence-electron chi connectivity index (χ2n) is 5.40. The molecular weight excluding hydrogens is 296 g/mol. The monoisotopic (exact) mass is 316 g/mol.